The molecule has 0 saturated carbocycles. The van der Waals surface area contributed by atoms with E-state index in [0.29, 0.717) is 0 Å². The van der Waals surface area contributed by atoms with Crippen LogP contribution in [0.1, 0.15) is 49.9 Å². The maximum Gasteiger partial charge on any atom is 0.0346 e. The Labute approximate surface area is 282 Å². The third-order valence-electron chi connectivity index (χ3n) is 10.8. The maximum absolute atomic E-state index is 4.63. The summed E-state index contributed by atoms with van der Waals surface area (Å²) in [4.78, 5) is 9.25. The van der Waals surface area contributed by atoms with Crippen molar-refractivity contribution in [1.82, 2.24) is 9.97 Å². The van der Waals surface area contributed by atoms with Crippen LogP contribution in [0, 0.1) is 0 Å². The minimum absolute atomic E-state index is 0.128. The van der Waals surface area contributed by atoms with Gasteiger partial charge in [0.05, 0.1) is 0 Å². The van der Waals surface area contributed by atoms with Gasteiger partial charge in [0.25, 0.3) is 0 Å². The number of aromatic nitrogens is 2. The van der Waals surface area contributed by atoms with Crippen LogP contribution in [-0.4, -0.2) is 9.97 Å². The van der Waals surface area contributed by atoms with Crippen LogP contribution in [0.3, 0.4) is 0 Å². The van der Waals surface area contributed by atoms with Gasteiger partial charge in [-0.25, -0.2) is 0 Å². The number of hydrogen-bond donors (Lipinski definition) is 0. The maximum atomic E-state index is 4.63. The first-order valence-electron chi connectivity index (χ1n) is 16.8. The molecule has 0 bridgehead atoms. The summed E-state index contributed by atoms with van der Waals surface area (Å²) in [5, 5.41) is 0. The minimum Gasteiger partial charge on any atom is -0.263 e. The summed E-state index contributed by atoms with van der Waals surface area (Å²) < 4.78 is 0. The monoisotopic (exact) mass is 616 g/mol. The SMILES string of the molecule is CC1(C)c2cc(-c3cncc(-c4ccccc4)c3)ccc2-c2cc3c(cc21)-c1ccc(-c2cncc(-c4ccccc4)c2)cc1C3(C)C. The van der Waals surface area contributed by atoms with Crippen molar-refractivity contribution < 1.29 is 0 Å². The number of rotatable bonds is 4. The smallest absolute Gasteiger partial charge is 0.0346 e. The molecule has 0 radical (unpaired) electrons. The minimum atomic E-state index is -0.128. The lowest BCUT2D eigenvalue weighted by Crippen LogP contribution is -2.17. The molecule has 2 aromatic heterocycles. The molecule has 2 aliphatic rings. The van der Waals surface area contributed by atoms with Crippen LogP contribution in [0.4, 0.5) is 0 Å². The predicted octanol–water partition coefficient (Wildman–Crippen LogP) is 11.8. The number of benzene rings is 5. The van der Waals surface area contributed by atoms with Crippen LogP contribution >= 0.6 is 0 Å². The molecule has 7 aromatic rings. The topological polar surface area (TPSA) is 25.8 Å². The molecule has 230 valence electrons. The van der Waals surface area contributed by atoms with Gasteiger partial charge < -0.3 is 0 Å². The molecule has 0 spiro atoms. The third kappa shape index (κ3) is 4.33. The van der Waals surface area contributed by atoms with Crippen molar-refractivity contribution in [1.29, 1.82) is 0 Å². The summed E-state index contributed by atoms with van der Waals surface area (Å²) in [6.07, 6.45) is 7.88. The fraction of sp³-hybridized carbons (Fsp3) is 0.130. The lowest BCUT2D eigenvalue weighted by atomic mass is 9.79. The highest BCUT2D eigenvalue weighted by Crippen LogP contribution is 2.56. The Kier molecular flexibility index (Phi) is 6.23. The predicted molar refractivity (Wildman–Crippen MR) is 199 cm³/mol. The molecule has 0 atom stereocenters. The average molecular weight is 617 g/mol. The Balaban J connectivity index is 1.10. The first-order valence-corrected chi connectivity index (χ1v) is 16.8. The molecule has 0 saturated heterocycles. The second-order valence-electron chi connectivity index (χ2n) is 14.4. The standard InChI is InChI=1S/C46H36N2/c1-45(2)41-21-31(35-19-33(25-47-27-35)29-11-7-5-8-12-29)15-17-37(41)39-24-44-40(23-43(39)45)38-18-16-32(22-42(38)46(44,3)4)36-20-34(26-48-28-36)30-13-9-6-10-14-30/h5-28H,1-4H3. The Morgan fingerprint density at radius 3 is 1.06 bits per heavy atom. The fourth-order valence-corrected chi connectivity index (χ4v) is 8.09. The molecule has 2 heteroatoms. The molecule has 0 unspecified atom stereocenters. The molecule has 5 aromatic carbocycles. The van der Waals surface area contributed by atoms with Crippen LogP contribution in [0.15, 0.2) is 146 Å². The Morgan fingerprint density at radius 2 is 0.667 bits per heavy atom. The van der Waals surface area contributed by atoms with E-state index in [4.69, 9.17) is 0 Å². The highest BCUT2D eigenvalue weighted by atomic mass is 14.6. The largest absolute Gasteiger partial charge is 0.263 e. The molecule has 0 N–H and O–H groups in total. The van der Waals surface area contributed by atoms with E-state index in [2.05, 4.69) is 159 Å². The Morgan fingerprint density at radius 1 is 0.312 bits per heavy atom. The quantitative estimate of drug-likeness (QED) is 0.197. The Hall–Kier alpha value is -5.60. The summed E-state index contributed by atoms with van der Waals surface area (Å²) in [6, 6.07) is 44.5. The summed E-state index contributed by atoms with van der Waals surface area (Å²) in [5.74, 6) is 0. The van der Waals surface area contributed by atoms with Crippen molar-refractivity contribution >= 4 is 0 Å². The van der Waals surface area contributed by atoms with Crippen LogP contribution in [0.2, 0.25) is 0 Å². The van der Waals surface area contributed by atoms with Crippen LogP contribution in [0.25, 0.3) is 66.8 Å². The molecular formula is C46H36N2. The number of hydrogen-bond acceptors (Lipinski definition) is 2. The van der Waals surface area contributed by atoms with Gasteiger partial charge in [-0.1, -0.05) is 113 Å². The van der Waals surface area contributed by atoms with E-state index >= 15 is 0 Å². The van der Waals surface area contributed by atoms with Gasteiger partial charge in [-0.3, -0.25) is 9.97 Å². The van der Waals surface area contributed by atoms with Crippen LogP contribution in [-0.2, 0) is 10.8 Å². The number of fused-ring (bicyclic) bond motifs is 6. The van der Waals surface area contributed by atoms with Crippen molar-refractivity contribution in [2.45, 2.75) is 38.5 Å². The highest BCUT2D eigenvalue weighted by Gasteiger charge is 2.41. The van der Waals surface area contributed by atoms with Crippen molar-refractivity contribution in [3.8, 4) is 66.8 Å². The molecule has 48 heavy (non-hydrogen) atoms. The first kappa shape index (κ1) is 28.6. The van der Waals surface area contributed by atoms with Gasteiger partial charge in [-0.05, 0) is 103 Å². The molecule has 0 fully saturated rings. The molecule has 2 nitrogen and oxygen atoms in total. The van der Waals surface area contributed by atoms with Crippen molar-refractivity contribution in [3.63, 3.8) is 0 Å². The van der Waals surface area contributed by atoms with E-state index in [-0.39, 0.29) is 10.8 Å². The molecule has 9 rings (SSSR count). The first-order chi connectivity index (χ1) is 23.3. The van der Waals surface area contributed by atoms with E-state index in [9.17, 15) is 0 Å². The second-order valence-corrected chi connectivity index (χ2v) is 14.4. The molecule has 0 amide bonds. The van der Waals surface area contributed by atoms with E-state index in [1.165, 1.54) is 66.8 Å². The van der Waals surface area contributed by atoms with Crippen LogP contribution < -0.4 is 0 Å². The van der Waals surface area contributed by atoms with Gasteiger partial charge in [-0.15, -0.1) is 0 Å². The summed E-state index contributed by atoms with van der Waals surface area (Å²) in [6.45, 7) is 9.51. The normalized spacial score (nSPS) is 14.6. The number of pyridine rings is 2. The zero-order valence-electron chi connectivity index (χ0n) is 27.8. The van der Waals surface area contributed by atoms with Crippen molar-refractivity contribution in [2.24, 2.45) is 0 Å². The lowest BCUT2D eigenvalue weighted by molar-refractivity contribution is 0.652. The number of nitrogens with zero attached hydrogens (tertiary/aromatic N) is 2. The van der Waals surface area contributed by atoms with Crippen molar-refractivity contribution in [3.05, 3.63) is 168 Å². The van der Waals surface area contributed by atoms with E-state index in [1.54, 1.807) is 0 Å². The van der Waals surface area contributed by atoms with Crippen molar-refractivity contribution in [2.75, 3.05) is 0 Å². The zero-order valence-corrected chi connectivity index (χ0v) is 27.8. The second kappa shape index (κ2) is 10.5. The molecule has 2 heterocycles. The van der Waals surface area contributed by atoms with Gasteiger partial charge >= 0.3 is 0 Å². The van der Waals surface area contributed by atoms with Crippen LogP contribution in [0.5, 0.6) is 0 Å². The van der Waals surface area contributed by atoms with E-state index in [1.807, 2.05) is 24.8 Å². The summed E-state index contributed by atoms with van der Waals surface area (Å²) >= 11 is 0. The summed E-state index contributed by atoms with van der Waals surface area (Å²) in [5.41, 5.74) is 20.0. The van der Waals surface area contributed by atoms with Gasteiger partial charge in [0.15, 0.2) is 0 Å². The molecular weight excluding hydrogens is 581 g/mol. The highest BCUT2D eigenvalue weighted by molar-refractivity contribution is 5.91. The lowest BCUT2D eigenvalue weighted by Gasteiger charge is -2.24. The fourth-order valence-electron chi connectivity index (χ4n) is 8.09. The molecule has 2 aliphatic carbocycles. The van der Waals surface area contributed by atoms with Gasteiger partial charge in [-0.2, -0.15) is 0 Å². The van der Waals surface area contributed by atoms with E-state index < -0.39 is 0 Å². The Bertz CT molecular complexity index is 2210. The summed E-state index contributed by atoms with van der Waals surface area (Å²) in [7, 11) is 0. The molecule has 0 aliphatic heterocycles. The van der Waals surface area contributed by atoms with Gasteiger partial charge in [0.1, 0.15) is 0 Å². The van der Waals surface area contributed by atoms with E-state index in [0.717, 1.165) is 22.3 Å². The zero-order chi connectivity index (χ0) is 32.6. The third-order valence-corrected chi connectivity index (χ3v) is 10.8. The average Bonchev–Trinajstić information content (AvgIpc) is 3.50. The van der Waals surface area contributed by atoms with Gasteiger partial charge in [0.2, 0.25) is 0 Å². The van der Waals surface area contributed by atoms with Gasteiger partial charge in [0, 0.05) is 57.9 Å².